The molecule has 0 spiro atoms. The van der Waals surface area contributed by atoms with Gasteiger partial charge in [0.1, 0.15) is 24.0 Å². The Morgan fingerprint density at radius 2 is 1.62 bits per heavy atom. The van der Waals surface area contributed by atoms with Gasteiger partial charge in [-0.3, -0.25) is 0 Å². The number of aliphatic hydroxyl groups is 1. The summed E-state index contributed by atoms with van der Waals surface area (Å²) in [6.07, 6.45) is 28.5. The van der Waals surface area contributed by atoms with Crippen LogP contribution in [-0.2, 0) is 33.0 Å². The van der Waals surface area contributed by atoms with E-state index >= 15 is 0 Å². The molecule has 1 atom stereocenters. The number of rotatable bonds is 20. The van der Waals surface area contributed by atoms with Crippen molar-refractivity contribution in [3.05, 3.63) is 94.0 Å². The molecule has 356 valence electrons. The first kappa shape index (κ1) is 50.1. The van der Waals surface area contributed by atoms with Gasteiger partial charge < -0.3 is 29.8 Å². The minimum Gasteiger partial charge on any atom is -0.493 e. The molecule has 0 aliphatic carbocycles. The molecule has 2 aromatic carbocycles. The number of aliphatic hydroxyl groups excluding tert-OH is 1. The maximum Gasteiger partial charge on any atom is 0.253 e. The first-order valence-electron chi connectivity index (χ1n) is 24.3. The lowest BCUT2D eigenvalue weighted by Crippen LogP contribution is -2.40. The zero-order chi connectivity index (χ0) is 47.0. The van der Waals surface area contributed by atoms with Crippen molar-refractivity contribution in [2.45, 2.75) is 150 Å². The molecule has 0 saturated carbocycles. The number of aromatic nitrogens is 6. The first-order valence-corrected chi connectivity index (χ1v) is 25.1. The molecule has 12 nitrogen and oxygen atoms in total. The summed E-state index contributed by atoms with van der Waals surface area (Å²) < 4.78 is 31.1. The van der Waals surface area contributed by atoms with Crippen LogP contribution in [0.1, 0.15) is 137 Å². The van der Waals surface area contributed by atoms with Gasteiger partial charge in [-0.2, -0.15) is 9.13 Å². The van der Waals surface area contributed by atoms with Crippen molar-refractivity contribution in [2.75, 3.05) is 33.4 Å². The van der Waals surface area contributed by atoms with Gasteiger partial charge in [0.2, 0.25) is 18.0 Å². The predicted octanol–water partition coefficient (Wildman–Crippen LogP) is 9.98. The van der Waals surface area contributed by atoms with Crippen LogP contribution in [0.4, 0.5) is 5.82 Å². The Hall–Kier alpha value is -5.27. The fourth-order valence-electron chi connectivity index (χ4n) is 8.99. The average Bonchev–Trinajstić information content (AvgIpc) is 4.03. The van der Waals surface area contributed by atoms with Gasteiger partial charge in [-0.15, -0.1) is 0 Å². The molecule has 0 radical (unpaired) electrons. The van der Waals surface area contributed by atoms with E-state index in [9.17, 15) is 0 Å². The van der Waals surface area contributed by atoms with Gasteiger partial charge in [-0.05, 0) is 61.9 Å². The van der Waals surface area contributed by atoms with E-state index in [4.69, 9.17) is 29.8 Å². The third-order valence-electron chi connectivity index (χ3n) is 13.1. The number of hydrogen-bond donors (Lipinski definition) is 2. The number of hydrogen-bond acceptors (Lipinski definition) is 9. The van der Waals surface area contributed by atoms with Crippen LogP contribution >= 0.6 is 11.3 Å². The van der Waals surface area contributed by atoms with Gasteiger partial charge >= 0.3 is 0 Å². The lowest BCUT2D eigenvalue weighted by molar-refractivity contribution is -0.689. The summed E-state index contributed by atoms with van der Waals surface area (Å²) in [6.45, 7) is 12.8. The molecule has 1 unspecified atom stereocenters. The third-order valence-corrected chi connectivity index (χ3v) is 14.3. The highest BCUT2D eigenvalue weighted by Crippen LogP contribution is 2.41. The molecule has 0 amide bonds. The van der Waals surface area contributed by atoms with Gasteiger partial charge in [-0.1, -0.05) is 88.9 Å². The van der Waals surface area contributed by atoms with E-state index in [-0.39, 0.29) is 6.61 Å². The quantitative estimate of drug-likeness (QED) is 0.0573. The Morgan fingerprint density at radius 3 is 2.26 bits per heavy atom. The number of benzene rings is 2. The van der Waals surface area contributed by atoms with Crippen molar-refractivity contribution >= 4 is 27.9 Å². The van der Waals surface area contributed by atoms with Crippen molar-refractivity contribution in [3.8, 4) is 34.3 Å². The number of fused-ring (bicyclic) bond motifs is 5. The normalized spacial score (nSPS) is 12.7. The second kappa shape index (κ2) is 25.0. The number of nitrogens with two attached hydrogens (primary N) is 1. The van der Waals surface area contributed by atoms with E-state index in [0.717, 1.165) is 58.0 Å². The third kappa shape index (κ3) is 13.0. The molecule has 66 heavy (non-hydrogen) atoms. The van der Waals surface area contributed by atoms with Crippen molar-refractivity contribution in [3.63, 3.8) is 0 Å². The van der Waals surface area contributed by atoms with Crippen LogP contribution in [0, 0.1) is 20.8 Å². The highest BCUT2D eigenvalue weighted by Gasteiger charge is 2.29. The number of nitrogens with zero attached hydrogens (tertiary/aromatic N) is 6. The Balaban J connectivity index is 0.000000166. The number of pyridine rings is 1. The Bertz CT molecular complexity index is 2480. The van der Waals surface area contributed by atoms with Crippen LogP contribution in [0.25, 0.3) is 22.0 Å². The number of unbranched alkanes of at least 4 members (excludes halogenated alkanes) is 11. The Kier molecular flexibility index (Phi) is 19.0. The number of nitrogen functional groups attached to an aromatic ring is 1. The van der Waals surface area contributed by atoms with Gasteiger partial charge in [0.05, 0.1) is 48.7 Å². The lowest BCUT2D eigenvalue weighted by atomic mass is 9.95. The fraction of sp³-hybridized carbons (Fsp3) is 0.528. The van der Waals surface area contributed by atoms with E-state index in [1.54, 1.807) is 31.8 Å². The zero-order valence-electron chi connectivity index (χ0n) is 41.0. The van der Waals surface area contributed by atoms with Crippen LogP contribution in [0.2, 0.25) is 0 Å². The summed E-state index contributed by atoms with van der Waals surface area (Å²) in [5, 5.41) is 11.1. The molecular formula is C53H76N7O5S+3. The van der Waals surface area contributed by atoms with Crippen molar-refractivity contribution in [2.24, 2.45) is 7.05 Å². The van der Waals surface area contributed by atoms with Crippen LogP contribution in [0.5, 0.6) is 23.0 Å². The largest absolute Gasteiger partial charge is 0.493 e. The van der Waals surface area contributed by atoms with E-state index in [1.807, 2.05) is 25.4 Å². The molecule has 0 saturated heterocycles. The number of anilines is 1. The maximum atomic E-state index is 8.98. The van der Waals surface area contributed by atoms with Gasteiger partial charge in [0, 0.05) is 45.6 Å². The number of methoxy groups -OCH3 is 2. The minimum absolute atomic E-state index is 0.178. The summed E-state index contributed by atoms with van der Waals surface area (Å²) in [5.74, 6) is 5.76. The summed E-state index contributed by atoms with van der Waals surface area (Å²) in [7, 11) is 5.47. The summed E-state index contributed by atoms with van der Waals surface area (Å²) >= 11 is 1.65. The standard InChI is InChI=1S/C21H41N2.C20H18NO4.C12H17N4OS/c1-5-6-7-8-9-10-11-12-13-14-15-16-17-20(2)23-19-18-22(4)21(23)3;1-22-17-4-3-12-7-16-14-9-19-18(24-11-25-19)8-13(14)5-6-21(16)10-15(12)20(17)23-2;1-8-11(3-4-17)18-7-16(8)6-10-5-14-9(2)15-12(10)13/h18-20H,5-17H2,1-4H3;3-4,7-10H,5-6,11H2,1-2H3;5,7,17H,3-4,6H2,1-2H3,(H2,13,14,15)/q3*+1. The number of imidazole rings is 1. The lowest BCUT2D eigenvalue weighted by Gasteiger charge is -2.17. The number of aryl methyl sites for hydroxylation is 4. The Labute approximate surface area is 397 Å². The monoisotopic (exact) mass is 923 g/mol. The van der Waals surface area contributed by atoms with E-state index in [1.165, 1.54) is 111 Å². The molecule has 13 heteroatoms. The van der Waals surface area contributed by atoms with Crippen molar-refractivity contribution in [1.29, 1.82) is 0 Å². The summed E-state index contributed by atoms with van der Waals surface area (Å²) in [6, 6.07) is 11.1. The summed E-state index contributed by atoms with van der Waals surface area (Å²) in [4.78, 5) is 9.53. The predicted molar refractivity (Wildman–Crippen MR) is 264 cm³/mol. The number of thiazole rings is 1. The second-order valence-corrected chi connectivity index (χ2v) is 18.8. The van der Waals surface area contributed by atoms with Crippen molar-refractivity contribution in [1.82, 2.24) is 14.5 Å². The van der Waals surface area contributed by atoms with Gasteiger partial charge in [-0.25, -0.2) is 19.1 Å². The van der Waals surface area contributed by atoms with Gasteiger partial charge in [0.15, 0.2) is 48.0 Å². The maximum absolute atomic E-state index is 8.98. The van der Waals surface area contributed by atoms with Crippen LogP contribution in [0.3, 0.4) is 0 Å². The molecule has 6 aromatic rings. The first-order chi connectivity index (χ1) is 32.1. The van der Waals surface area contributed by atoms with Crippen molar-refractivity contribution < 1.29 is 37.8 Å². The molecule has 0 fully saturated rings. The molecule has 2 aliphatic rings. The fourth-order valence-corrected chi connectivity index (χ4v) is 9.97. The second-order valence-electron chi connectivity index (χ2n) is 17.8. The smallest absolute Gasteiger partial charge is 0.253 e. The highest BCUT2D eigenvalue weighted by atomic mass is 32.1. The molecule has 4 aromatic heterocycles. The number of ether oxygens (including phenoxy) is 4. The van der Waals surface area contributed by atoms with Crippen LogP contribution in [0.15, 0.2) is 60.6 Å². The van der Waals surface area contributed by atoms with E-state index in [2.05, 4.69) is 98.9 Å². The topological polar surface area (TPSA) is 126 Å². The van der Waals surface area contributed by atoms with Crippen LogP contribution < -0.4 is 38.4 Å². The highest BCUT2D eigenvalue weighted by molar-refractivity contribution is 7.09. The average molecular weight is 923 g/mol. The van der Waals surface area contributed by atoms with E-state index in [0.29, 0.717) is 37.4 Å². The molecule has 0 bridgehead atoms. The molecule has 2 aliphatic heterocycles. The zero-order valence-corrected chi connectivity index (χ0v) is 41.9. The molecule has 8 rings (SSSR count). The van der Waals surface area contributed by atoms with Gasteiger partial charge in [0.25, 0.3) is 5.82 Å². The van der Waals surface area contributed by atoms with Crippen LogP contribution in [-0.4, -0.2) is 47.3 Å². The SMILES string of the molecule is CCCCCCCCCCCCCCC(C)n1cc[n+](C)c1C.COc1ccc2cc3[n+](cc2c1OC)CCc1cc2c(cc1-3)OCO2.Cc1ncc(C[n+]2csc(CCO)c2C)c(N)n1. The molecule has 6 heterocycles. The molecule has 3 N–H and O–H groups in total. The Morgan fingerprint density at radius 1 is 0.924 bits per heavy atom. The van der Waals surface area contributed by atoms with E-state index < -0.39 is 0 Å². The minimum atomic E-state index is 0.178. The summed E-state index contributed by atoms with van der Waals surface area (Å²) in [5.41, 5.74) is 13.7. The molecular weight excluding hydrogens is 847 g/mol.